The first-order valence-electron chi connectivity index (χ1n) is 10.9. The van der Waals surface area contributed by atoms with Crippen LogP contribution in [0.2, 0.25) is 0 Å². The van der Waals surface area contributed by atoms with Gasteiger partial charge in [-0.05, 0) is 69.3 Å². The van der Waals surface area contributed by atoms with Gasteiger partial charge in [0.15, 0.2) is 15.0 Å². The van der Waals surface area contributed by atoms with Crippen molar-refractivity contribution in [2.45, 2.75) is 37.5 Å². The number of ether oxygens (including phenoxy) is 1. The smallest absolute Gasteiger partial charge is 0.260 e. The van der Waals surface area contributed by atoms with Crippen LogP contribution in [0.5, 0.6) is 5.75 Å². The zero-order valence-electron chi connectivity index (χ0n) is 19.1. The van der Waals surface area contributed by atoms with Crippen LogP contribution in [-0.4, -0.2) is 36.1 Å². The number of hydrogen-bond acceptors (Lipinski definition) is 7. The number of carbonyl (C=O) groups excluding carboxylic acids is 1. The first-order valence-corrected chi connectivity index (χ1v) is 13.2. The van der Waals surface area contributed by atoms with E-state index in [9.17, 15) is 13.2 Å². The molecular weight excluding hydrogens is 470 g/mol. The number of benzene rings is 2. The first kappa shape index (κ1) is 23.8. The number of aromatic nitrogens is 2. The number of carbonyl (C=O) groups is 1. The van der Waals surface area contributed by atoms with Gasteiger partial charge in [-0.15, -0.1) is 0 Å². The number of nitrogens with zero attached hydrogens (tertiary/aromatic N) is 3. The molecule has 2 aromatic heterocycles. The van der Waals surface area contributed by atoms with Gasteiger partial charge in [0, 0.05) is 11.8 Å². The fraction of sp³-hybridized carbons (Fsp3) is 0.240. The van der Waals surface area contributed by atoms with E-state index in [1.165, 1.54) is 28.4 Å². The Hall–Kier alpha value is -3.30. The van der Waals surface area contributed by atoms with Gasteiger partial charge in [-0.25, -0.2) is 13.4 Å². The predicted octanol–water partition coefficient (Wildman–Crippen LogP) is 5.12. The predicted molar refractivity (Wildman–Crippen MR) is 134 cm³/mol. The third kappa shape index (κ3) is 4.95. The van der Waals surface area contributed by atoms with E-state index in [0.717, 1.165) is 16.0 Å². The monoisotopic (exact) mass is 495 g/mol. The van der Waals surface area contributed by atoms with Crippen molar-refractivity contribution in [2.24, 2.45) is 0 Å². The number of thiazole rings is 1. The Labute approximate surface area is 203 Å². The minimum Gasteiger partial charge on any atom is -0.494 e. The molecule has 0 N–H and O–H groups in total. The quantitative estimate of drug-likeness (QED) is 0.337. The van der Waals surface area contributed by atoms with E-state index < -0.39 is 15.1 Å². The maximum Gasteiger partial charge on any atom is 0.260 e. The molecule has 34 heavy (non-hydrogen) atoms. The summed E-state index contributed by atoms with van der Waals surface area (Å²) in [4.78, 5) is 24.4. The van der Waals surface area contributed by atoms with Gasteiger partial charge < -0.3 is 4.74 Å². The van der Waals surface area contributed by atoms with Crippen molar-refractivity contribution < 1.29 is 17.9 Å². The molecule has 4 aromatic rings. The van der Waals surface area contributed by atoms with Crippen molar-refractivity contribution in [3.8, 4) is 5.75 Å². The number of amides is 1. The fourth-order valence-corrected chi connectivity index (χ4v) is 5.47. The van der Waals surface area contributed by atoms with Crippen molar-refractivity contribution in [1.29, 1.82) is 0 Å². The maximum atomic E-state index is 13.7. The molecule has 2 aromatic carbocycles. The molecule has 0 aliphatic rings. The molecule has 2 heterocycles. The van der Waals surface area contributed by atoms with E-state index in [2.05, 4.69) is 9.97 Å². The topological polar surface area (TPSA) is 89.5 Å². The highest BCUT2D eigenvalue weighted by Crippen LogP contribution is 2.33. The standard InChI is InChI=1S/C25H25N3O4S2/c1-4-32-20-11-12-22-23(15-20)33-25(27-22)28(16-19-9-5-6-13-26-19)24(29)18-8-7-10-21(14-18)34(30,31)17(2)3/h5-15,17H,4,16H2,1-3H3. The SMILES string of the molecule is CCOc1ccc2nc(N(Cc3ccccn3)C(=O)c3cccc(S(=O)(=O)C(C)C)c3)sc2c1. The second kappa shape index (κ2) is 9.90. The Morgan fingerprint density at radius 1 is 1.09 bits per heavy atom. The normalized spacial score (nSPS) is 11.6. The fourth-order valence-electron chi connectivity index (χ4n) is 3.38. The summed E-state index contributed by atoms with van der Waals surface area (Å²) in [5.74, 6) is 0.384. The Kier molecular flexibility index (Phi) is 6.95. The van der Waals surface area contributed by atoms with E-state index in [1.807, 2.05) is 43.3 Å². The van der Waals surface area contributed by atoms with Crippen LogP contribution in [0.4, 0.5) is 5.13 Å². The van der Waals surface area contributed by atoms with E-state index in [0.29, 0.717) is 17.4 Å². The zero-order valence-corrected chi connectivity index (χ0v) is 20.8. The molecule has 0 unspecified atom stereocenters. The molecule has 1 amide bonds. The Balaban J connectivity index is 1.77. The molecule has 0 spiro atoms. The maximum absolute atomic E-state index is 13.7. The van der Waals surface area contributed by atoms with Crippen LogP contribution in [0.1, 0.15) is 36.8 Å². The second-order valence-electron chi connectivity index (χ2n) is 7.89. The van der Waals surface area contributed by atoms with Gasteiger partial charge >= 0.3 is 0 Å². The van der Waals surface area contributed by atoms with E-state index in [4.69, 9.17) is 4.74 Å². The molecule has 0 saturated heterocycles. The van der Waals surface area contributed by atoms with Crippen LogP contribution < -0.4 is 9.64 Å². The van der Waals surface area contributed by atoms with Gasteiger partial charge in [0.2, 0.25) is 0 Å². The van der Waals surface area contributed by atoms with Gasteiger partial charge in [-0.3, -0.25) is 14.7 Å². The second-order valence-corrected chi connectivity index (χ2v) is 11.4. The van der Waals surface area contributed by atoms with Gasteiger partial charge in [0.1, 0.15) is 5.75 Å². The summed E-state index contributed by atoms with van der Waals surface area (Å²) in [5.41, 5.74) is 1.71. The summed E-state index contributed by atoms with van der Waals surface area (Å²) < 4.78 is 31.8. The van der Waals surface area contributed by atoms with Gasteiger partial charge in [0.25, 0.3) is 5.91 Å². The average Bonchev–Trinajstić information content (AvgIpc) is 3.26. The van der Waals surface area contributed by atoms with Crippen LogP contribution in [0.25, 0.3) is 10.2 Å². The Morgan fingerprint density at radius 3 is 2.62 bits per heavy atom. The molecule has 0 bridgehead atoms. The molecule has 0 saturated carbocycles. The van der Waals surface area contributed by atoms with Crippen LogP contribution >= 0.6 is 11.3 Å². The molecule has 0 aliphatic heterocycles. The minimum absolute atomic E-state index is 0.122. The molecule has 176 valence electrons. The summed E-state index contributed by atoms with van der Waals surface area (Å²) in [7, 11) is -3.52. The van der Waals surface area contributed by atoms with Crippen molar-refractivity contribution in [1.82, 2.24) is 9.97 Å². The van der Waals surface area contributed by atoms with Gasteiger partial charge in [-0.1, -0.05) is 23.5 Å². The minimum atomic E-state index is -3.52. The molecular formula is C25H25N3O4S2. The molecule has 7 nitrogen and oxygen atoms in total. The number of hydrogen-bond donors (Lipinski definition) is 0. The Bertz CT molecular complexity index is 1420. The molecule has 0 atom stereocenters. The number of anilines is 1. The Morgan fingerprint density at radius 2 is 1.91 bits per heavy atom. The van der Waals surface area contributed by atoms with E-state index in [1.54, 1.807) is 32.2 Å². The molecule has 0 aliphatic carbocycles. The molecule has 9 heteroatoms. The highest BCUT2D eigenvalue weighted by atomic mass is 32.2. The summed E-state index contributed by atoms with van der Waals surface area (Å²) in [6.07, 6.45) is 1.67. The average molecular weight is 496 g/mol. The zero-order chi connectivity index (χ0) is 24.3. The largest absolute Gasteiger partial charge is 0.494 e. The first-order chi connectivity index (χ1) is 16.3. The van der Waals surface area contributed by atoms with Gasteiger partial charge in [-0.2, -0.15) is 0 Å². The van der Waals surface area contributed by atoms with Crippen molar-refractivity contribution in [3.63, 3.8) is 0 Å². The molecule has 4 rings (SSSR count). The summed E-state index contributed by atoms with van der Waals surface area (Å²) in [6, 6.07) is 17.3. The van der Waals surface area contributed by atoms with Crippen molar-refractivity contribution >= 4 is 42.4 Å². The number of sulfone groups is 1. The van der Waals surface area contributed by atoms with Crippen molar-refractivity contribution in [3.05, 3.63) is 78.1 Å². The highest BCUT2D eigenvalue weighted by Gasteiger charge is 2.25. The van der Waals surface area contributed by atoms with E-state index >= 15 is 0 Å². The summed E-state index contributed by atoms with van der Waals surface area (Å²) in [6.45, 7) is 5.91. The lowest BCUT2D eigenvalue weighted by Gasteiger charge is -2.20. The van der Waals surface area contributed by atoms with Crippen LogP contribution in [0.15, 0.2) is 71.8 Å². The summed E-state index contributed by atoms with van der Waals surface area (Å²) >= 11 is 1.37. The third-order valence-electron chi connectivity index (χ3n) is 5.21. The van der Waals surface area contributed by atoms with Crippen LogP contribution in [0.3, 0.4) is 0 Å². The van der Waals surface area contributed by atoms with E-state index in [-0.39, 0.29) is 22.9 Å². The summed E-state index contributed by atoms with van der Waals surface area (Å²) in [5, 5.41) is -0.0947. The van der Waals surface area contributed by atoms with Crippen molar-refractivity contribution in [2.75, 3.05) is 11.5 Å². The van der Waals surface area contributed by atoms with Crippen LogP contribution in [-0.2, 0) is 16.4 Å². The third-order valence-corrected chi connectivity index (χ3v) is 8.41. The number of fused-ring (bicyclic) bond motifs is 1. The van der Waals surface area contributed by atoms with Crippen LogP contribution in [0, 0.1) is 0 Å². The molecule has 0 fully saturated rings. The highest BCUT2D eigenvalue weighted by molar-refractivity contribution is 7.92. The molecule has 0 radical (unpaired) electrons. The number of pyridine rings is 1. The van der Waals surface area contributed by atoms with Gasteiger partial charge in [0.05, 0.1) is 39.2 Å². The lowest BCUT2D eigenvalue weighted by atomic mass is 10.2. The lowest BCUT2D eigenvalue weighted by molar-refractivity contribution is 0.0984. The lowest BCUT2D eigenvalue weighted by Crippen LogP contribution is -2.31. The number of rotatable bonds is 8.